The summed E-state index contributed by atoms with van der Waals surface area (Å²) in [6.45, 7) is 0. The van der Waals surface area contributed by atoms with E-state index in [1.807, 2.05) is 0 Å². The third kappa shape index (κ3) is 1.83. The minimum absolute atomic E-state index is 0.0309. The second kappa shape index (κ2) is 3.98. The molecule has 0 bridgehead atoms. The summed E-state index contributed by atoms with van der Waals surface area (Å²) in [5.74, 6) is 0. The molecule has 0 saturated carbocycles. The van der Waals surface area contributed by atoms with Gasteiger partial charge in [0.2, 0.25) is 0 Å². The summed E-state index contributed by atoms with van der Waals surface area (Å²) in [5.41, 5.74) is 8.06. The summed E-state index contributed by atoms with van der Waals surface area (Å²) in [6, 6.07) is 3.53. The van der Waals surface area contributed by atoms with Gasteiger partial charge in [0.15, 0.2) is 0 Å². The smallest absolute Gasteiger partial charge is 0.258 e. The highest BCUT2D eigenvalue weighted by atomic mass is 32.2. The Labute approximate surface area is 99.4 Å². The number of aromatic nitrogens is 2. The molecule has 11 heteroatoms. The molecule has 0 spiro atoms. The molecule has 10 nitrogen and oxygen atoms in total. The van der Waals surface area contributed by atoms with Crippen LogP contribution >= 0.6 is 0 Å². The maximum absolute atomic E-state index is 11.5. The molecule has 18 heavy (non-hydrogen) atoms. The first-order valence-electron chi connectivity index (χ1n) is 4.39. The van der Waals surface area contributed by atoms with Crippen LogP contribution in [0.5, 0.6) is 0 Å². The van der Waals surface area contributed by atoms with E-state index in [0.29, 0.717) is 3.97 Å². The number of imidazole rings is 1. The van der Waals surface area contributed by atoms with Crippen LogP contribution < -0.4 is 0 Å². The summed E-state index contributed by atoms with van der Waals surface area (Å²) < 4.78 is 26.3. The SMILES string of the molecule is [N-]=[N+]=NS(=O)(=O)n1cnc2ccc([N+](=O)[O-])cc21. The molecule has 0 radical (unpaired) electrons. The Morgan fingerprint density at radius 3 is 2.83 bits per heavy atom. The zero-order chi connectivity index (χ0) is 13.3. The molecule has 0 saturated heterocycles. The summed E-state index contributed by atoms with van der Waals surface area (Å²) >= 11 is 0. The Morgan fingerprint density at radius 1 is 1.50 bits per heavy atom. The minimum Gasteiger partial charge on any atom is -0.258 e. The van der Waals surface area contributed by atoms with Gasteiger partial charge in [0.25, 0.3) is 5.69 Å². The van der Waals surface area contributed by atoms with Crippen LogP contribution in [0.25, 0.3) is 21.5 Å². The van der Waals surface area contributed by atoms with E-state index in [-0.39, 0.29) is 16.7 Å². The van der Waals surface area contributed by atoms with Crippen molar-refractivity contribution in [1.82, 2.24) is 8.96 Å². The number of benzene rings is 1. The Balaban J connectivity index is 2.77. The Morgan fingerprint density at radius 2 is 2.22 bits per heavy atom. The van der Waals surface area contributed by atoms with Gasteiger partial charge in [0, 0.05) is 17.0 Å². The molecule has 0 aliphatic carbocycles. The van der Waals surface area contributed by atoms with E-state index >= 15 is 0 Å². The molecule has 0 N–H and O–H groups in total. The normalized spacial score (nSPS) is 11.1. The van der Waals surface area contributed by atoms with Crippen molar-refractivity contribution in [3.8, 4) is 0 Å². The molecular formula is C7H4N6O4S. The summed E-state index contributed by atoms with van der Waals surface area (Å²) in [4.78, 5) is 15.9. The topological polar surface area (TPSA) is 144 Å². The average molecular weight is 268 g/mol. The maximum Gasteiger partial charge on any atom is 0.329 e. The number of hydrogen-bond donors (Lipinski definition) is 0. The number of azide groups is 1. The van der Waals surface area contributed by atoms with E-state index in [1.165, 1.54) is 12.1 Å². The van der Waals surface area contributed by atoms with Crippen molar-refractivity contribution in [2.75, 3.05) is 0 Å². The number of fused-ring (bicyclic) bond motifs is 1. The monoisotopic (exact) mass is 268 g/mol. The van der Waals surface area contributed by atoms with Gasteiger partial charge in [-0.1, -0.05) is 0 Å². The van der Waals surface area contributed by atoms with Crippen molar-refractivity contribution in [2.45, 2.75) is 0 Å². The summed E-state index contributed by atoms with van der Waals surface area (Å²) in [6.07, 6.45) is 0.915. The first kappa shape index (κ1) is 11.8. The van der Waals surface area contributed by atoms with Gasteiger partial charge >= 0.3 is 10.2 Å². The van der Waals surface area contributed by atoms with E-state index in [4.69, 9.17) is 5.53 Å². The predicted molar refractivity (Wildman–Crippen MR) is 59.9 cm³/mol. The largest absolute Gasteiger partial charge is 0.329 e. The van der Waals surface area contributed by atoms with Gasteiger partial charge in [-0.25, -0.2) is 8.96 Å². The van der Waals surface area contributed by atoms with Crippen molar-refractivity contribution in [2.24, 2.45) is 4.52 Å². The van der Waals surface area contributed by atoms with Crippen molar-refractivity contribution in [1.29, 1.82) is 0 Å². The quantitative estimate of drug-likeness (QED) is 0.271. The van der Waals surface area contributed by atoms with Gasteiger partial charge in [-0.15, -0.1) is 0 Å². The zero-order valence-electron chi connectivity index (χ0n) is 8.53. The van der Waals surface area contributed by atoms with Gasteiger partial charge in [-0.05, 0) is 11.6 Å². The lowest BCUT2D eigenvalue weighted by Crippen LogP contribution is -2.06. The lowest BCUT2D eigenvalue weighted by atomic mass is 10.3. The predicted octanol–water partition coefficient (Wildman–Crippen LogP) is 1.35. The third-order valence-corrected chi connectivity index (χ3v) is 3.16. The van der Waals surface area contributed by atoms with Crippen LogP contribution in [0.15, 0.2) is 29.0 Å². The highest BCUT2D eigenvalue weighted by molar-refractivity contribution is 7.88. The fraction of sp³-hybridized carbons (Fsp3) is 0. The highest BCUT2D eigenvalue weighted by Crippen LogP contribution is 2.21. The van der Waals surface area contributed by atoms with Crippen molar-refractivity contribution in [3.05, 3.63) is 45.1 Å². The second-order valence-corrected chi connectivity index (χ2v) is 4.57. The van der Waals surface area contributed by atoms with Crippen molar-refractivity contribution in [3.63, 3.8) is 0 Å². The fourth-order valence-electron chi connectivity index (χ4n) is 1.36. The molecule has 2 aromatic rings. The number of nitrogens with zero attached hydrogens (tertiary/aromatic N) is 6. The molecular weight excluding hydrogens is 264 g/mol. The van der Waals surface area contributed by atoms with Crippen LogP contribution in [0, 0.1) is 10.1 Å². The summed E-state index contributed by atoms with van der Waals surface area (Å²) in [7, 11) is -4.30. The van der Waals surface area contributed by atoms with Gasteiger partial charge in [-0.3, -0.25) is 10.1 Å². The average Bonchev–Trinajstić information content (AvgIpc) is 2.71. The maximum atomic E-state index is 11.5. The highest BCUT2D eigenvalue weighted by Gasteiger charge is 2.17. The van der Waals surface area contributed by atoms with Gasteiger partial charge in [0.1, 0.15) is 6.33 Å². The molecule has 0 amide bonds. The molecule has 1 aromatic carbocycles. The first-order valence-corrected chi connectivity index (χ1v) is 5.79. The van der Waals surface area contributed by atoms with Crippen LogP contribution in [-0.4, -0.2) is 22.3 Å². The van der Waals surface area contributed by atoms with Crippen molar-refractivity contribution >= 4 is 26.9 Å². The third-order valence-electron chi connectivity index (χ3n) is 2.10. The van der Waals surface area contributed by atoms with Gasteiger partial charge in [-0.2, -0.15) is 8.42 Å². The molecule has 0 aliphatic rings. The van der Waals surface area contributed by atoms with Gasteiger partial charge in [0.05, 0.1) is 20.5 Å². The molecule has 0 aliphatic heterocycles. The molecule has 92 valence electrons. The second-order valence-electron chi connectivity index (χ2n) is 3.12. The van der Waals surface area contributed by atoms with Gasteiger partial charge < -0.3 is 0 Å². The lowest BCUT2D eigenvalue weighted by molar-refractivity contribution is -0.384. The lowest BCUT2D eigenvalue weighted by Gasteiger charge is -1.99. The molecule has 0 unspecified atom stereocenters. The zero-order valence-corrected chi connectivity index (χ0v) is 9.35. The number of nitro groups is 1. The van der Waals surface area contributed by atoms with Crippen molar-refractivity contribution < 1.29 is 13.3 Å². The Kier molecular flexibility index (Phi) is 2.61. The van der Waals surface area contributed by atoms with Crippen LogP contribution in [0.2, 0.25) is 0 Å². The molecule has 0 fully saturated rings. The minimum atomic E-state index is -4.30. The molecule has 0 atom stereocenters. The van der Waals surface area contributed by atoms with E-state index < -0.39 is 15.1 Å². The van der Waals surface area contributed by atoms with E-state index in [0.717, 1.165) is 12.4 Å². The molecule has 1 heterocycles. The molecule has 2 rings (SSSR count). The van der Waals surface area contributed by atoms with E-state index in [1.54, 1.807) is 0 Å². The fourth-order valence-corrected chi connectivity index (χ4v) is 2.09. The number of hydrogen-bond acceptors (Lipinski definition) is 5. The van der Waals surface area contributed by atoms with E-state index in [2.05, 4.69) is 14.4 Å². The standard InChI is InChI=1S/C7H4N6O4S/c8-10-11-18(16,17)12-4-9-6-2-1-5(13(14)15)3-7(6)12/h1-4H. The first-order chi connectivity index (χ1) is 8.45. The molecule has 1 aromatic heterocycles. The Bertz CT molecular complexity index is 787. The van der Waals surface area contributed by atoms with Crippen LogP contribution in [0.4, 0.5) is 5.69 Å². The summed E-state index contributed by atoms with van der Waals surface area (Å²) in [5, 5.41) is 10.6. The number of rotatable bonds is 3. The Hall–Kier alpha value is -2.65. The number of nitro benzene ring substituents is 1. The van der Waals surface area contributed by atoms with Crippen LogP contribution in [-0.2, 0) is 10.2 Å². The van der Waals surface area contributed by atoms with Crippen LogP contribution in [0.3, 0.4) is 0 Å². The van der Waals surface area contributed by atoms with Crippen LogP contribution in [0.1, 0.15) is 0 Å². The number of non-ortho nitro benzene ring substituents is 1. The van der Waals surface area contributed by atoms with E-state index in [9.17, 15) is 18.5 Å².